The van der Waals surface area contributed by atoms with Crippen molar-refractivity contribution in [3.05, 3.63) is 60.7 Å². The molecule has 0 N–H and O–H groups in total. The van der Waals surface area contributed by atoms with Gasteiger partial charge in [-0.1, -0.05) is 12.2 Å². The summed E-state index contributed by atoms with van der Waals surface area (Å²) in [5.74, 6) is 0.532. The quantitative estimate of drug-likeness (QED) is 0.254. The lowest BCUT2D eigenvalue weighted by Gasteiger charge is -2.37. The summed E-state index contributed by atoms with van der Waals surface area (Å²) < 4.78 is 11.0. The van der Waals surface area contributed by atoms with Gasteiger partial charge < -0.3 is 14.4 Å². The second-order valence-corrected chi connectivity index (χ2v) is 10.9. The molecule has 3 amide bonds. The minimum absolute atomic E-state index is 0.0715. The van der Waals surface area contributed by atoms with Gasteiger partial charge in [0.25, 0.3) is 0 Å². The van der Waals surface area contributed by atoms with Crippen molar-refractivity contribution in [3.8, 4) is 11.5 Å². The highest BCUT2D eigenvalue weighted by Gasteiger charge is 2.67. The van der Waals surface area contributed by atoms with E-state index in [0.717, 1.165) is 12.2 Å². The van der Waals surface area contributed by atoms with Gasteiger partial charge in [0.15, 0.2) is 0 Å². The van der Waals surface area contributed by atoms with Crippen molar-refractivity contribution in [3.63, 3.8) is 0 Å². The summed E-state index contributed by atoms with van der Waals surface area (Å²) in [6, 6.07) is 13.7. The number of hydrogen-bond donors (Lipinski definition) is 0. The topological polar surface area (TPSA) is 93.2 Å². The first-order chi connectivity index (χ1) is 18.4. The van der Waals surface area contributed by atoms with Crippen LogP contribution < -0.4 is 19.3 Å². The van der Waals surface area contributed by atoms with Crippen molar-refractivity contribution in [2.75, 3.05) is 23.0 Å². The smallest absolute Gasteiger partial charge is 0.316 e. The Labute approximate surface area is 220 Å². The Balaban J connectivity index is 1.01. The number of anilines is 2. The van der Waals surface area contributed by atoms with Crippen LogP contribution in [0, 0.1) is 41.4 Å². The lowest BCUT2D eigenvalue weighted by atomic mass is 9.63. The first kappa shape index (κ1) is 23.2. The van der Waals surface area contributed by atoms with E-state index in [1.54, 1.807) is 53.4 Å². The van der Waals surface area contributed by atoms with Gasteiger partial charge in [-0.25, -0.2) is 0 Å². The molecule has 6 aliphatic rings. The van der Waals surface area contributed by atoms with Crippen molar-refractivity contribution >= 4 is 35.1 Å². The molecule has 2 heterocycles. The summed E-state index contributed by atoms with van der Waals surface area (Å²) in [6.07, 6.45) is 5.51. The zero-order chi connectivity index (χ0) is 26.1. The number of carbonyl (C=O) groups excluding carboxylic acids is 4. The van der Waals surface area contributed by atoms with Crippen LogP contribution in [-0.4, -0.2) is 36.8 Å². The van der Waals surface area contributed by atoms with E-state index in [9.17, 15) is 19.2 Å². The highest BCUT2D eigenvalue weighted by molar-refractivity contribution is 6.22. The molecule has 4 aliphatic carbocycles. The summed E-state index contributed by atoms with van der Waals surface area (Å²) in [4.78, 5) is 55.0. The van der Waals surface area contributed by atoms with Crippen molar-refractivity contribution in [1.82, 2.24) is 0 Å². The molecule has 194 valence electrons. The number of benzene rings is 2. The maximum absolute atomic E-state index is 13.3. The second kappa shape index (κ2) is 8.55. The van der Waals surface area contributed by atoms with Gasteiger partial charge in [0.05, 0.1) is 30.0 Å². The number of ether oxygens (including phenoxy) is 2. The molecule has 0 aromatic heterocycles. The van der Waals surface area contributed by atoms with Crippen LogP contribution in [0.4, 0.5) is 11.4 Å². The van der Waals surface area contributed by atoms with Gasteiger partial charge in [-0.05, 0) is 85.5 Å². The number of carbonyl (C=O) groups is 4. The van der Waals surface area contributed by atoms with Gasteiger partial charge in [0, 0.05) is 18.7 Å². The minimum atomic E-state index is -0.590. The van der Waals surface area contributed by atoms with Gasteiger partial charge in [-0.3, -0.25) is 24.1 Å². The molecular weight excluding hydrogens is 484 g/mol. The largest absolute Gasteiger partial charge is 0.494 e. The van der Waals surface area contributed by atoms with E-state index in [0.29, 0.717) is 35.6 Å². The van der Waals surface area contributed by atoms with E-state index in [4.69, 9.17) is 9.47 Å². The number of hydrogen-bond acceptors (Lipinski definition) is 6. The summed E-state index contributed by atoms with van der Waals surface area (Å²) in [5, 5.41) is 0. The van der Waals surface area contributed by atoms with Crippen LogP contribution in [0.5, 0.6) is 11.5 Å². The normalized spacial score (nSPS) is 32.4. The van der Waals surface area contributed by atoms with Gasteiger partial charge in [0.1, 0.15) is 11.5 Å². The molecule has 0 radical (unpaired) electrons. The summed E-state index contributed by atoms with van der Waals surface area (Å²) in [6.45, 7) is 2.70. The van der Waals surface area contributed by atoms with Gasteiger partial charge in [0.2, 0.25) is 17.7 Å². The Hall–Kier alpha value is -3.94. The molecular formula is C30H28N2O6. The number of nitrogens with zero attached hydrogens (tertiary/aromatic N) is 2. The fourth-order valence-electron chi connectivity index (χ4n) is 7.08. The maximum atomic E-state index is 13.3. The summed E-state index contributed by atoms with van der Waals surface area (Å²) in [5.41, 5.74) is 1.21. The van der Waals surface area contributed by atoms with Crippen LogP contribution in [0.2, 0.25) is 0 Å². The van der Waals surface area contributed by atoms with Crippen LogP contribution in [-0.2, 0) is 19.2 Å². The molecule has 38 heavy (non-hydrogen) atoms. The highest BCUT2D eigenvalue weighted by atomic mass is 16.5. The predicted molar refractivity (Wildman–Crippen MR) is 137 cm³/mol. The first-order valence-electron chi connectivity index (χ1n) is 13.4. The maximum Gasteiger partial charge on any atom is 0.316 e. The van der Waals surface area contributed by atoms with Crippen molar-refractivity contribution in [2.45, 2.75) is 19.8 Å². The molecule has 0 unspecified atom stereocenters. The Kier molecular flexibility index (Phi) is 5.22. The molecule has 2 aliphatic heterocycles. The fourth-order valence-corrected chi connectivity index (χ4v) is 7.08. The monoisotopic (exact) mass is 512 g/mol. The third-order valence-electron chi connectivity index (χ3n) is 8.89. The minimum Gasteiger partial charge on any atom is -0.494 e. The molecule has 8 rings (SSSR count). The first-order valence-corrected chi connectivity index (χ1v) is 13.4. The molecule has 2 bridgehead atoms. The number of imide groups is 1. The van der Waals surface area contributed by atoms with Crippen molar-refractivity contribution in [2.24, 2.45) is 41.4 Å². The van der Waals surface area contributed by atoms with Gasteiger partial charge >= 0.3 is 5.97 Å². The average Bonchev–Trinajstić information content (AvgIpc) is 3.60. The zero-order valence-electron chi connectivity index (χ0n) is 21.0. The average molecular weight is 513 g/mol. The zero-order valence-corrected chi connectivity index (χ0v) is 21.0. The van der Waals surface area contributed by atoms with E-state index in [1.165, 1.54) is 4.90 Å². The lowest BCUT2D eigenvalue weighted by molar-refractivity contribution is -0.139. The SMILES string of the molecule is CCOc1ccc(N2C[C@H](C(=O)Oc3ccc(N4C(=O)[C@@H]5[C@H]6C=C[C@@H]([C@@H]7C[C@H]67)[C@H]5C4=O)cc3)CC2=O)cc1. The summed E-state index contributed by atoms with van der Waals surface area (Å²) >= 11 is 0. The molecule has 4 fully saturated rings. The Morgan fingerprint density at radius 1 is 0.842 bits per heavy atom. The number of amides is 3. The van der Waals surface area contributed by atoms with Crippen LogP contribution in [0.15, 0.2) is 60.7 Å². The third-order valence-corrected chi connectivity index (χ3v) is 8.89. The standard InChI is InChI=1S/C30H28N2O6/c1-2-37-19-7-3-17(4-8-19)31-15-16(13-25(31)33)30(36)38-20-9-5-18(6-10-20)32-28(34)26-21-11-12-22(24-14-23(21)24)27(26)29(32)35/h3-12,16,21-24,26-27H,2,13-15H2,1H3/t16-,21+,22+,23-,24+,26-,27-/m1/s1. The fraction of sp³-hybridized carbons (Fsp3) is 0.400. The second-order valence-electron chi connectivity index (χ2n) is 10.9. The molecule has 8 nitrogen and oxygen atoms in total. The highest BCUT2D eigenvalue weighted by Crippen LogP contribution is 2.65. The van der Waals surface area contributed by atoms with Crippen LogP contribution in [0.3, 0.4) is 0 Å². The van der Waals surface area contributed by atoms with Crippen LogP contribution >= 0.6 is 0 Å². The van der Waals surface area contributed by atoms with Crippen LogP contribution in [0.1, 0.15) is 19.8 Å². The molecule has 7 atom stereocenters. The predicted octanol–water partition coefficient (Wildman–Crippen LogP) is 3.60. The van der Waals surface area contributed by atoms with Gasteiger partial charge in [-0.2, -0.15) is 0 Å². The van der Waals surface area contributed by atoms with Gasteiger partial charge in [-0.15, -0.1) is 0 Å². The van der Waals surface area contributed by atoms with Crippen molar-refractivity contribution in [1.29, 1.82) is 0 Å². The number of esters is 1. The van der Waals surface area contributed by atoms with Crippen molar-refractivity contribution < 1.29 is 28.7 Å². The Morgan fingerprint density at radius 3 is 2.03 bits per heavy atom. The van der Waals surface area contributed by atoms with E-state index in [1.807, 2.05) is 6.92 Å². The van der Waals surface area contributed by atoms with Crippen LogP contribution in [0.25, 0.3) is 0 Å². The molecule has 0 spiro atoms. The molecule has 2 saturated carbocycles. The molecule has 8 heteroatoms. The Morgan fingerprint density at radius 2 is 1.42 bits per heavy atom. The van der Waals surface area contributed by atoms with E-state index < -0.39 is 11.9 Å². The third kappa shape index (κ3) is 3.50. The number of allylic oxidation sites excluding steroid dienone is 2. The molecule has 2 saturated heterocycles. The molecule has 2 aromatic carbocycles. The van der Waals surface area contributed by atoms with E-state index in [2.05, 4.69) is 12.2 Å². The van der Waals surface area contributed by atoms with E-state index >= 15 is 0 Å². The lowest BCUT2D eigenvalue weighted by Crippen LogP contribution is -2.40. The van der Waals surface area contributed by atoms with E-state index in [-0.39, 0.29) is 54.4 Å². The molecule has 2 aromatic rings. The summed E-state index contributed by atoms with van der Waals surface area (Å²) in [7, 11) is 0. The Bertz CT molecular complexity index is 1330. The number of rotatable bonds is 6.